The molecule has 0 unspecified atom stereocenters. The van der Waals surface area contributed by atoms with E-state index in [-0.39, 0.29) is 22.4 Å². The number of hydrogen-bond acceptors (Lipinski definition) is 2. The summed E-state index contributed by atoms with van der Waals surface area (Å²) >= 11 is 0. The van der Waals surface area contributed by atoms with Crippen LogP contribution in [-0.4, -0.2) is 25.2 Å². The molecular weight excluding hydrogens is 472 g/mol. The molecule has 0 amide bonds. The maximum atomic E-state index is 14.2. The second-order valence-electron chi connectivity index (χ2n) is 7.99. The fourth-order valence-electron chi connectivity index (χ4n) is 2.92. The summed E-state index contributed by atoms with van der Waals surface area (Å²) in [7, 11) is 0. The number of hydrogen-bond donors (Lipinski definition) is 0. The van der Waals surface area contributed by atoms with Gasteiger partial charge in [-0.1, -0.05) is 32.1 Å². The van der Waals surface area contributed by atoms with E-state index >= 15 is 0 Å². The van der Waals surface area contributed by atoms with Gasteiger partial charge in [0, 0.05) is 17.5 Å². The zero-order chi connectivity index (χ0) is 26.3. The lowest BCUT2D eigenvalue weighted by molar-refractivity contribution is -0.289. The molecule has 1 rings (SSSR count). The van der Waals surface area contributed by atoms with E-state index in [0.29, 0.717) is 24.0 Å². The Balaban J connectivity index is 3.62. The monoisotopic (exact) mass is 498 g/mol. The second kappa shape index (κ2) is 11.7. The molecule has 0 aliphatic carbocycles. The van der Waals surface area contributed by atoms with Gasteiger partial charge in [-0.3, -0.25) is 4.79 Å². The van der Waals surface area contributed by atoms with Crippen LogP contribution in [0, 0.1) is 0 Å². The Labute approximate surface area is 193 Å². The molecule has 1 aromatic rings. The maximum absolute atomic E-state index is 14.2. The Kier molecular flexibility index (Phi) is 10.1. The lowest BCUT2D eigenvalue weighted by Gasteiger charge is -2.25. The highest BCUT2D eigenvalue weighted by molar-refractivity contribution is 5.73. The molecule has 0 aliphatic rings. The van der Waals surface area contributed by atoms with Gasteiger partial charge in [-0.2, -0.15) is 35.1 Å². The van der Waals surface area contributed by atoms with E-state index in [1.165, 1.54) is 31.2 Å². The summed E-state index contributed by atoms with van der Waals surface area (Å²) < 4.78 is 110. The van der Waals surface area contributed by atoms with Crippen molar-refractivity contribution in [1.29, 1.82) is 0 Å². The highest BCUT2D eigenvalue weighted by Crippen LogP contribution is 2.47. The minimum Gasteiger partial charge on any atom is -0.493 e. The first-order valence-corrected chi connectivity index (χ1v) is 10.3. The standard InChI is InChI=1S/C24H26F8O2/c1-15(2)19-13-18(23(28,29)24(30,31)32)14-20(17(4)8-5-7-16(3)9-11-33)21(19)34-12-6-10-22(25,26)27/h5,7-9,11,13-15H,6,10,12H2,1-4H3/b7-5+,16-9+,17-8-. The quantitative estimate of drug-likeness (QED) is 0.107. The lowest BCUT2D eigenvalue weighted by Crippen LogP contribution is -2.34. The highest BCUT2D eigenvalue weighted by atomic mass is 19.4. The van der Waals surface area contributed by atoms with Crippen LogP contribution in [0.25, 0.3) is 5.57 Å². The molecule has 0 saturated carbocycles. The Morgan fingerprint density at radius 1 is 1.00 bits per heavy atom. The predicted molar refractivity (Wildman–Crippen MR) is 114 cm³/mol. The molecule has 34 heavy (non-hydrogen) atoms. The van der Waals surface area contributed by atoms with E-state index in [1.807, 2.05) is 0 Å². The van der Waals surface area contributed by atoms with Gasteiger partial charge in [-0.05, 0) is 61.1 Å². The minimum absolute atomic E-state index is 0.0113. The van der Waals surface area contributed by atoms with Crippen molar-refractivity contribution in [2.45, 2.75) is 64.7 Å². The van der Waals surface area contributed by atoms with E-state index in [0.717, 1.165) is 0 Å². The van der Waals surface area contributed by atoms with Crippen LogP contribution < -0.4 is 4.74 Å². The summed E-state index contributed by atoms with van der Waals surface area (Å²) in [5.74, 6) is -5.78. The second-order valence-corrected chi connectivity index (χ2v) is 7.99. The molecule has 0 fully saturated rings. The number of alkyl halides is 8. The fraction of sp³-hybridized carbons (Fsp3) is 0.458. The number of carbonyl (C=O) groups is 1. The van der Waals surface area contributed by atoms with Crippen LogP contribution in [0.5, 0.6) is 5.75 Å². The van der Waals surface area contributed by atoms with Crippen molar-refractivity contribution in [2.24, 2.45) is 0 Å². The number of benzene rings is 1. The Bertz CT molecular complexity index is 936. The van der Waals surface area contributed by atoms with Crippen molar-refractivity contribution in [2.75, 3.05) is 6.61 Å². The van der Waals surface area contributed by atoms with Gasteiger partial charge >= 0.3 is 18.3 Å². The zero-order valence-electron chi connectivity index (χ0n) is 19.1. The van der Waals surface area contributed by atoms with Crippen molar-refractivity contribution >= 4 is 11.9 Å². The van der Waals surface area contributed by atoms with Gasteiger partial charge in [0.25, 0.3) is 0 Å². The molecular formula is C24H26F8O2. The van der Waals surface area contributed by atoms with E-state index in [1.54, 1.807) is 20.8 Å². The molecule has 1 aromatic carbocycles. The topological polar surface area (TPSA) is 26.3 Å². The number of halogens is 8. The van der Waals surface area contributed by atoms with Crippen LogP contribution in [0.4, 0.5) is 35.1 Å². The van der Waals surface area contributed by atoms with Crippen LogP contribution in [0.2, 0.25) is 0 Å². The van der Waals surface area contributed by atoms with Gasteiger partial charge in [0.2, 0.25) is 0 Å². The Hall–Kier alpha value is -2.65. The van der Waals surface area contributed by atoms with Crippen molar-refractivity contribution in [3.8, 4) is 5.75 Å². The van der Waals surface area contributed by atoms with Gasteiger partial charge in [0.15, 0.2) is 0 Å². The summed E-state index contributed by atoms with van der Waals surface area (Å²) in [5, 5.41) is 0. The zero-order valence-corrected chi connectivity index (χ0v) is 19.1. The number of aldehydes is 1. The van der Waals surface area contributed by atoms with Crippen LogP contribution in [0.15, 0.2) is 42.0 Å². The SMILES string of the molecule is C/C(=C/C=C/C(C)=C/C=O)c1cc(C(F)(F)C(F)(F)F)cc(C(C)C)c1OCCCC(F)(F)F. The van der Waals surface area contributed by atoms with E-state index < -0.39 is 49.2 Å². The summed E-state index contributed by atoms with van der Waals surface area (Å²) in [6.45, 7) is 5.74. The number of rotatable bonds is 10. The number of carbonyl (C=O) groups excluding carboxylic acids is 1. The van der Waals surface area contributed by atoms with Crippen LogP contribution in [0.3, 0.4) is 0 Å². The molecule has 0 atom stereocenters. The molecule has 0 N–H and O–H groups in total. The number of allylic oxidation sites excluding steroid dienone is 6. The highest BCUT2D eigenvalue weighted by Gasteiger charge is 2.59. The minimum atomic E-state index is -5.85. The van der Waals surface area contributed by atoms with Gasteiger partial charge in [0.1, 0.15) is 12.0 Å². The van der Waals surface area contributed by atoms with Crippen LogP contribution >= 0.6 is 0 Å². The largest absolute Gasteiger partial charge is 0.493 e. The van der Waals surface area contributed by atoms with Gasteiger partial charge in [0.05, 0.1) is 6.61 Å². The van der Waals surface area contributed by atoms with E-state index in [2.05, 4.69) is 0 Å². The fourth-order valence-corrected chi connectivity index (χ4v) is 2.92. The van der Waals surface area contributed by atoms with E-state index in [4.69, 9.17) is 4.74 Å². The van der Waals surface area contributed by atoms with E-state index in [9.17, 15) is 39.9 Å². The van der Waals surface area contributed by atoms with Crippen molar-refractivity contribution in [3.05, 3.63) is 58.7 Å². The molecule has 0 spiro atoms. The third kappa shape index (κ3) is 8.29. The molecule has 0 aliphatic heterocycles. The number of ether oxygens (including phenoxy) is 1. The first-order valence-electron chi connectivity index (χ1n) is 10.3. The van der Waals surface area contributed by atoms with Crippen molar-refractivity contribution in [3.63, 3.8) is 0 Å². The molecule has 0 saturated heterocycles. The lowest BCUT2D eigenvalue weighted by atomic mass is 9.91. The molecule has 190 valence electrons. The van der Waals surface area contributed by atoms with Gasteiger partial charge < -0.3 is 4.74 Å². The first-order chi connectivity index (χ1) is 15.5. The summed E-state index contributed by atoms with van der Waals surface area (Å²) in [6.07, 6.45) is -5.61. The maximum Gasteiger partial charge on any atom is 0.458 e. The molecule has 2 nitrogen and oxygen atoms in total. The molecule has 0 radical (unpaired) electrons. The predicted octanol–water partition coefficient (Wildman–Crippen LogP) is 8.29. The van der Waals surface area contributed by atoms with Crippen molar-refractivity contribution in [1.82, 2.24) is 0 Å². The van der Waals surface area contributed by atoms with Crippen LogP contribution in [-0.2, 0) is 10.7 Å². The third-order valence-corrected chi connectivity index (χ3v) is 4.77. The Morgan fingerprint density at radius 3 is 2.12 bits per heavy atom. The summed E-state index contributed by atoms with van der Waals surface area (Å²) in [6, 6.07) is 1.33. The average Bonchev–Trinajstić information content (AvgIpc) is 2.69. The van der Waals surface area contributed by atoms with Crippen molar-refractivity contribution < 1.29 is 44.7 Å². The molecule has 0 bridgehead atoms. The summed E-state index contributed by atoms with van der Waals surface area (Å²) in [5.41, 5.74) is -0.586. The molecule has 10 heteroatoms. The normalized spacial score (nSPS) is 14.3. The Morgan fingerprint density at radius 2 is 1.62 bits per heavy atom. The molecule has 0 heterocycles. The average molecular weight is 498 g/mol. The van der Waals surface area contributed by atoms with Gasteiger partial charge in [-0.15, -0.1) is 0 Å². The third-order valence-electron chi connectivity index (χ3n) is 4.77. The van der Waals surface area contributed by atoms with Crippen LogP contribution in [0.1, 0.15) is 63.1 Å². The van der Waals surface area contributed by atoms with Gasteiger partial charge in [-0.25, -0.2) is 0 Å². The summed E-state index contributed by atoms with van der Waals surface area (Å²) in [4.78, 5) is 10.5. The first kappa shape index (κ1) is 29.4. The molecule has 0 aromatic heterocycles. The smallest absolute Gasteiger partial charge is 0.458 e.